The molecule has 0 bridgehead atoms. The molecule has 0 atom stereocenters. The van der Waals surface area contributed by atoms with Crippen LogP contribution in [0.1, 0.15) is 21.1 Å². The fourth-order valence-electron chi connectivity index (χ4n) is 2.25. The van der Waals surface area contributed by atoms with Crippen LogP contribution in [0.2, 0.25) is 0 Å². The van der Waals surface area contributed by atoms with Gasteiger partial charge in [0.1, 0.15) is 10.7 Å². The molecule has 0 aliphatic heterocycles. The molecule has 108 valence electrons. The highest BCUT2D eigenvalue weighted by Gasteiger charge is 2.17. The number of hydrogen-bond donors (Lipinski definition) is 2. The van der Waals surface area contributed by atoms with E-state index < -0.39 is 0 Å². The minimum Gasteiger partial charge on any atom is -0.397 e. The fourth-order valence-corrected chi connectivity index (χ4v) is 3.36. The van der Waals surface area contributed by atoms with Crippen molar-refractivity contribution in [3.05, 3.63) is 46.9 Å². The molecule has 6 heteroatoms. The topological polar surface area (TPSA) is 72.9 Å². The van der Waals surface area contributed by atoms with E-state index in [0.717, 1.165) is 21.5 Å². The second-order valence-corrected chi connectivity index (χ2v) is 5.95. The first-order valence-electron chi connectivity index (χ1n) is 6.60. The largest absolute Gasteiger partial charge is 0.397 e. The van der Waals surface area contributed by atoms with Crippen molar-refractivity contribution < 1.29 is 4.79 Å². The van der Waals surface area contributed by atoms with Crippen molar-refractivity contribution in [3.63, 3.8) is 0 Å². The summed E-state index contributed by atoms with van der Waals surface area (Å²) in [6.07, 6.45) is 3.55. The van der Waals surface area contributed by atoms with E-state index in [-0.39, 0.29) is 5.91 Å². The molecular weight excluding hydrogens is 284 g/mol. The molecule has 0 radical (unpaired) electrons. The minimum absolute atomic E-state index is 0.156. The molecule has 0 saturated carbocycles. The van der Waals surface area contributed by atoms with E-state index in [1.54, 1.807) is 6.20 Å². The van der Waals surface area contributed by atoms with E-state index in [4.69, 9.17) is 5.73 Å². The van der Waals surface area contributed by atoms with Gasteiger partial charge >= 0.3 is 0 Å². The van der Waals surface area contributed by atoms with Gasteiger partial charge < -0.3 is 15.6 Å². The Morgan fingerprint density at radius 2 is 2.29 bits per heavy atom. The Morgan fingerprint density at radius 1 is 1.48 bits per heavy atom. The molecule has 3 aromatic rings. The third-order valence-corrected chi connectivity index (χ3v) is 4.84. The van der Waals surface area contributed by atoms with Gasteiger partial charge in [0.15, 0.2) is 0 Å². The summed E-state index contributed by atoms with van der Waals surface area (Å²) >= 11 is 1.44. The number of carbonyl (C=O) groups is 1. The van der Waals surface area contributed by atoms with Crippen LogP contribution >= 0.6 is 11.3 Å². The van der Waals surface area contributed by atoms with Gasteiger partial charge in [0.05, 0.1) is 12.2 Å². The third-order valence-electron chi connectivity index (χ3n) is 3.49. The smallest absolute Gasteiger partial charge is 0.263 e. The second-order valence-electron chi connectivity index (χ2n) is 4.93. The Balaban J connectivity index is 1.86. The van der Waals surface area contributed by atoms with Crippen LogP contribution in [0.5, 0.6) is 0 Å². The number of fused-ring (bicyclic) bond motifs is 1. The number of imidazole rings is 1. The Bertz CT molecular complexity index is 818. The summed E-state index contributed by atoms with van der Waals surface area (Å²) in [5.41, 5.74) is 7.80. The molecule has 1 aromatic carbocycles. The van der Waals surface area contributed by atoms with Crippen molar-refractivity contribution in [3.8, 4) is 0 Å². The number of hydrogen-bond acceptors (Lipinski definition) is 4. The lowest BCUT2D eigenvalue weighted by atomic mass is 10.1. The van der Waals surface area contributed by atoms with Gasteiger partial charge in [-0.2, -0.15) is 0 Å². The average molecular weight is 300 g/mol. The maximum Gasteiger partial charge on any atom is 0.263 e. The zero-order valence-corrected chi connectivity index (χ0v) is 12.7. The van der Waals surface area contributed by atoms with Crippen LogP contribution in [-0.2, 0) is 13.6 Å². The summed E-state index contributed by atoms with van der Waals surface area (Å²) < 4.78 is 2.94. The molecule has 3 rings (SSSR count). The fraction of sp³-hybridized carbons (Fsp3) is 0.200. The predicted octanol–water partition coefficient (Wildman–Crippen LogP) is 2.46. The zero-order valence-electron chi connectivity index (χ0n) is 11.9. The van der Waals surface area contributed by atoms with Crippen LogP contribution in [-0.4, -0.2) is 15.5 Å². The highest BCUT2D eigenvalue weighted by molar-refractivity contribution is 7.21. The molecule has 21 heavy (non-hydrogen) atoms. The number of aryl methyl sites for hydroxylation is 2. The van der Waals surface area contributed by atoms with E-state index >= 15 is 0 Å². The Kier molecular flexibility index (Phi) is 3.39. The quantitative estimate of drug-likeness (QED) is 0.780. The molecule has 0 saturated heterocycles. The third kappa shape index (κ3) is 2.38. The lowest BCUT2D eigenvalue weighted by molar-refractivity contribution is 0.0954. The van der Waals surface area contributed by atoms with Crippen molar-refractivity contribution in [1.82, 2.24) is 14.9 Å². The summed E-state index contributed by atoms with van der Waals surface area (Å²) in [6, 6.07) is 5.92. The Morgan fingerprint density at radius 3 is 2.95 bits per heavy atom. The monoisotopic (exact) mass is 300 g/mol. The van der Waals surface area contributed by atoms with Crippen molar-refractivity contribution >= 4 is 33.0 Å². The van der Waals surface area contributed by atoms with Crippen molar-refractivity contribution in [2.24, 2.45) is 7.05 Å². The van der Waals surface area contributed by atoms with Crippen molar-refractivity contribution in [2.45, 2.75) is 13.5 Å². The van der Waals surface area contributed by atoms with Gasteiger partial charge in [-0.1, -0.05) is 18.2 Å². The van der Waals surface area contributed by atoms with Crippen molar-refractivity contribution in [1.29, 1.82) is 0 Å². The van der Waals surface area contributed by atoms with Gasteiger partial charge in [0, 0.05) is 29.5 Å². The molecule has 0 unspecified atom stereocenters. The summed E-state index contributed by atoms with van der Waals surface area (Å²) in [7, 11) is 1.89. The van der Waals surface area contributed by atoms with Crippen LogP contribution < -0.4 is 11.1 Å². The number of amides is 1. The lowest BCUT2D eigenvalue weighted by Gasteiger charge is -2.04. The molecule has 0 spiro atoms. The van der Waals surface area contributed by atoms with Gasteiger partial charge in [-0.25, -0.2) is 4.98 Å². The normalized spacial score (nSPS) is 11.0. The predicted molar refractivity (Wildman–Crippen MR) is 85.4 cm³/mol. The number of thiophene rings is 1. The Hall–Kier alpha value is -2.34. The minimum atomic E-state index is -0.156. The maximum atomic E-state index is 12.3. The van der Waals surface area contributed by atoms with Crippen molar-refractivity contribution in [2.75, 3.05) is 5.73 Å². The Labute approximate surface area is 126 Å². The molecular formula is C15H16N4OS. The number of aromatic nitrogens is 2. The van der Waals surface area contributed by atoms with Gasteiger partial charge in [0.25, 0.3) is 5.91 Å². The number of rotatable bonds is 3. The lowest BCUT2D eigenvalue weighted by Crippen LogP contribution is -2.24. The van der Waals surface area contributed by atoms with Crippen LogP contribution in [0, 0.1) is 6.92 Å². The van der Waals surface area contributed by atoms with E-state index in [1.807, 2.05) is 42.9 Å². The number of nitrogen functional groups attached to an aromatic ring is 1. The summed E-state index contributed by atoms with van der Waals surface area (Å²) in [6.45, 7) is 2.41. The van der Waals surface area contributed by atoms with E-state index in [0.29, 0.717) is 17.1 Å². The maximum absolute atomic E-state index is 12.3. The molecule has 0 aliphatic carbocycles. The van der Waals surface area contributed by atoms with Gasteiger partial charge in [-0.05, 0) is 12.5 Å². The number of carbonyl (C=O) groups excluding carboxylic acids is 1. The highest BCUT2D eigenvalue weighted by atomic mass is 32.1. The van der Waals surface area contributed by atoms with E-state index in [9.17, 15) is 4.79 Å². The second kappa shape index (κ2) is 5.21. The summed E-state index contributed by atoms with van der Waals surface area (Å²) in [5.74, 6) is 0.648. The first-order valence-corrected chi connectivity index (χ1v) is 7.41. The molecule has 5 nitrogen and oxygen atoms in total. The van der Waals surface area contributed by atoms with Crippen LogP contribution in [0.15, 0.2) is 30.6 Å². The molecule has 0 fully saturated rings. The zero-order chi connectivity index (χ0) is 15.0. The molecule has 2 aromatic heterocycles. The molecule has 0 aliphatic rings. The number of benzene rings is 1. The highest BCUT2D eigenvalue weighted by Crippen LogP contribution is 2.35. The van der Waals surface area contributed by atoms with Gasteiger partial charge in [0.2, 0.25) is 0 Å². The first-order chi connectivity index (χ1) is 10.1. The standard InChI is InChI=1S/C15H16N4OS/c1-9-4-3-5-10-12(16)14(21-13(9)10)15(20)18-8-11-17-6-7-19(11)2/h3-7H,8,16H2,1-2H3,(H,18,20). The number of nitrogens with zero attached hydrogens (tertiary/aromatic N) is 2. The SMILES string of the molecule is Cc1cccc2c(N)c(C(=O)NCc3nccn3C)sc12. The van der Waals surface area contributed by atoms with Gasteiger partial charge in [-0.3, -0.25) is 4.79 Å². The van der Waals surface area contributed by atoms with Crippen LogP contribution in [0.4, 0.5) is 5.69 Å². The van der Waals surface area contributed by atoms with E-state index in [2.05, 4.69) is 10.3 Å². The van der Waals surface area contributed by atoms with Crippen LogP contribution in [0.3, 0.4) is 0 Å². The van der Waals surface area contributed by atoms with E-state index in [1.165, 1.54) is 11.3 Å². The number of nitrogens with two attached hydrogens (primary N) is 1. The van der Waals surface area contributed by atoms with Crippen LogP contribution in [0.25, 0.3) is 10.1 Å². The van der Waals surface area contributed by atoms with Gasteiger partial charge in [-0.15, -0.1) is 11.3 Å². The average Bonchev–Trinajstić information content (AvgIpc) is 3.02. The molecule has 1 amide bonds. The molecule has 2 heterocycles. The number of anilines is 1. The summed E-state index contributed by atoms with van der Waals surface area (Å²) in [5, 5.41) is 3.82. The first kappa shape index (κ1) is 13.6. The molecule has 3 N–H and O–H groups in total. The summed E-state index contributed by atoms with van der Waals surface area (Å²) in [4.78, 5) is 17.1. The number of nitrogens with one attached hydrogen (secondary N) is 1.